The van der Waals surface area contributed by atoms with E-state index in [4.69, 9.17) is 0 Å². The smallest absolute Gasteiger partial charge is 0.191 e. The van der Waals surface area contributed by atoms with Crippen molar-refractivity contribution < 1.29 is 0 Å². The highest BCUT2D eigenvalue weighted by Crippen LogP contribution is 2.29. The molecule has 1 aromatic heterocycles. The van der Waals surface area contributed by atoms with Crippen molar-refractivity contribution in [2.45, 2.75) is 49.1 Å². The molecule has 6 heteroatoms. The molecular weight excluding hydrogens is 288 g/mol. The second-order valence-electron chi connectivity index (χ2n) is 4.96. The van der Waals surface area contributed by atoms with E-state index in [0.717, 1.165) is 23.3 Å². The summed E-state index contributed by atoms with van der Waals surface area (Å²) in [5, 5.41) is 8.42. The Labute approximate surface area is 130 Å². The second-order valence-corrected chi connectivity index (χ2v) is 6.82. The van der Waals surface area contributed by atoms with Gasteiger partial charge in [-0.15, -0.1) is 0 Å². The second kappa shape index (κ2) is 7.98. The highest BCUT2D eigenvalue weighted by atomic mass is 32.2. The molecule has 0 aliphatic heterocycles. The number of hydrogen-bond donors (Lipinski definition) is 2. The van der Waals surface area contributed by atoms with Crippen molar-refractivity contribution in [1.82, 2.24) is 9.97 Å². The predicted octanol–water partition coefficient (Wildman–Crippen LogP) is 3.72. The van der Waals surface area contributed by atoms with E-state index in [-0.39, 0.29) is 0 Å². The monoisotopic (exact) mass is 312 g/mol. The van der Waals surface area contributed by atoms with E-state index in [9.17, 15) is 0 Å². The summed E-state index contributed by atoms with van der Waals surface area (Å²) < 4.78 is 0. The summed E-state index contributed by atoms with van der Waals surface area (Å²) in [4.78, 5) is 9.06. The highest BCUT2D eigenvalue weighted by molar-refractivity contribution is 7.99. The van der Waals surface area contributed by atoms with E-state index >= 15 is 0 Å². The van der Waals surface area contributed by atoms with Gasteiger partial charge in [0.25, 0.3) is 0 Å². The van der Waals surface area contributed by atoms with Crippen LogP contribution in [0.4, 0.5) is 11.6 Å². The molecule has 2 N–H and O–H groups in total. The van der Waals surface area contributed by atoms with Crippen LogP contribution in [0.3, 0.4) is 0 Å². The summed E-state index contributed by atoms with van der Waals surface area (Å²) in [7, 11) is 0. The molecule has 2 atom stereocenters. The zero-order valence-corrected chi connectivity index (χ0v) is 14.1. The molecule has 1 fully saturated rings. The third kappa shape index (κ3) is 4.19. The average molecular weight is 313 g/mol. The topological polar surface area (TPSA) is 49.8 Å². The van der Waals surface area contributed by atoms with Crippen molar-refractivity contribution in [2.24, 2.45) is 0 Å². The van der Waals surface area contributed by atoms with Crippen molar-refractivity contribution >= 4 is 35.2 Å². The average Bonchev–Trinajstić information content (AvgIpc) is 2.48. The van der Waals surface area contributed by atoms with Crippen LogP contribution in [0.5, 0.6) is 0 Å². The van der Waals surface area contributed by atoms with Gasteiger partial charge in [0, 0.05) is 23.9 Å². The number of anilines is 2. The maximum absolute atomic E-state index is 4.59. The molecular formula is C14H24N4S2. The molecule has 1 saturated carbocycles. The number of aromatic nitrogens is 2. The van der Waals surface area contributed by atoms with Gasteiger partial charge < -0.3 is 10.6 Å². The van der Waals surface area contributed by atoms with Gasteiger partial charge in [-0.1, -0.05) is 24.6 Å². The number of rotatable bonds is 6. The minimum absolute atomic E-state index is 0.526. The molecule has 0 bridgehead atoms. The van der Waals surface area contributed by atoms with Gasteiger partial charge in [-0.3, -0.25) is 0 Å². The summed E-state index contributed by atoms with van der Waals surface area (Å²) in [5.41, 5.74) is 0. The number of thioether (sulfide) groups is 2. The largest absolute Gasteiger partial charge is 0.370 e. The van der Waals surface area contributed by atoms with Crippen LogP contribution in [0.2, 0.25) is 0 Å². The SMILES string of the molecule is CCNc1cc(NC2CCCCC2SC)nc(SC)n1. The highest BCUT2D eigenvalue weighted by Gasteiger charge is 2.24. The normalized spacial score (nSPS) is 22.6. The van der Waals surface area contributed by atoms with E-state index < -0.39 is 0 Å². The molecule has 0 radical (unpaired) electrons. The van der Waals surface area contributed by atoms with Crippen LogP contribution in [0, 0.1) is 0 Å². The van der Waals surface area contributed by atoms with Crippen molar-refractivity contribution in [3.63, 3.8) is 0 Å². The third-order valence-corrected chi connectivity index (χ3v) is 5.30. The van der Waals surface area contributed by atoms with Gasteiger partial charge in [0.15, 0.2) is 5.16 Å². The molecule has 1 heterocycles. The van der Waals surface area contributed by atoms with Crippen LogP contribution in [0.1, 0.15) is 32.6 Å². The van der Waals surface area contributed by atoms with Crippen LogP contribution < -0.4 is 10.6 Å². The Bertz CT molecular complexity index is 428. The van der Waals surface area contributed by atoms with E-state index in [1.165, 1.54) is 25.7 Å². The minimum atomic E-state index is 0.526. The number of hydrogen-bond acceptors (Lipinski definition) is 6. The lowest BCUT2D eigenvalue weighted by atomic mass is 9.95. The van der Waals surface area contributed by atoms with Gasteiger partial charge in [0.05, 0.1) is 0 Å². The van der Waals surface area contributed by atoms with Crippen molar-refractivity contribution in [1.29, 1.82) is 0 Å². The summed E-state index contributed by atoms with van der Waals surface area (Å²) >= 11 is 3.55. The van der Waals surface area contributed by atoms with Gasteiger partial charge in [0.1, 0.15) is 11.6 Å². The Hall–Kier alpha value is -0.620. The molecule has 0 aromatic carbocycles. The van der Waals surface area contributed by atoms with Gasteiger partial charge in [-0.05, 0) is 32.3 Å². The minimum Gasteiger partial charge on any atom is -0.370 e. The lowest BCUT2D eigenvalue weighted by molar-refractivity contribution is 0.474. The summed E-state index contributed by atoms with van der Waals surface area (Å²) in [6.07, 6.45) is 9.43. The molecule has 20 heavy (non-hydrogen) atoms. The van der Waals surface area contributed by atoms with Crippen LogP contribution in [0.15, 0.2) is 11.2 Å². The van der Waals surface area contributed by atoms with E-state index in [0.29, 0.717) is 11.3 Å². The molecule has 0 amide bonds. The van der Waals surface area contributed by atoms with Gasteiger partial charge in [-0.25, -0.2) is 9.97 Å². The van der Waals surface area contributed by atoms with E-state index in [1.807, 2.05) is 24.1 Å². The summed E-state index contributed by atoms with van der Waals surface area (Å²) in [6.45, 7) is 2.96. The zero-order valence-electron chi connectivity index (χ0n) is 12.5. The van der Waals surface area contributed by atoms with E-state index in [2.05, 4.69) is 33.8 Å². The summed E-state index contributed by atoms with van der Waals surface area (Å²) in [6, 6.07) is 2.55. The molecule has 2 unspecified atom stereocenters. The van der Waals surface area contributed by atoms with Crippen molar-refractivity contribution in [3.8, 4) is 0 Å². The first-order valence-electron chi connectivity index (χ1n) is 7.23. The number of nitrogens with zero attached hydrogens (tertiary/aromatic N) is 2. The maximum Gasteiger partial charge on any atom is 0.191 e. The molecule has 1 aliphatic carbocycles. The maximum atomic E-state index is 4.59. The first-order valence-corrected chi connectivity index (χ1v) is 9.74. The molecule has 112 valence electrons. The molecule has 1 aromatic rings. The van der Waals surface area contributed by atoms with Crippen LogP contribution in [0.25, 0.3) is 0 Å². The van der Waals surface area contributed by atoms with Gasteiger partial charge in [-0.2, -0.15) is 11.8 Å². The Balaban J connectivity index is 2.12. The number of nitrogens with one attached hydrogen (secondary N) is 2. The Morgan fingerprint density at radius 3 is 2.65 bits per heavy atom. The molecule has 4 nitrogen and oxygen atoms in total. The third-order valence-electron chi connectivity index (χ3n) is 3.58. The van der Waals surface area contributed by atoms with Crippen LogP contribution >= 0.6 is 23.5 Å². The lowest BCUT2D eigenvalue weighted by Gasteiger charge is -2.31. The molecule has 2 rings (SSSR count). The Morgan fingerprint density at radius 2 is 1.95 bits per heavy atom. The molecule has 0 spiro atoms. The predicted molar refractivity (Wildman–Crippen MR) is 91.2 cm³/mol. The van der Waals surface area contributed by atoms with Gasteiger partial charge >= 0.3 is 0 Å². The first kappa shape index (κ1) is 15.8. The zero-order chi connectivity index (χ0) is 14.4. The standard InChI is InChI=1S/C14H24N4S2/c1-4-15-12-9-13(18-14(17-12)20-3)16-10-7-5-6-8-11(10)19-2/h9-11H,4-8H2,1-3H3,(H2,15,16,17,18). The quantitative estimate of drug-likeness (QED) is 0.617. The van der Waals surface area contributed by atoms with Gasteiger partial charge in [0.2, 0.25) is 0 Å². The van der Waals surface area contributed by atoms with Crippen LogP contribution in [-0.4, -0.2) is 40.3 Å². The summed E-state index contributed by atoms with van der Waals surface area (Å²) in [5.74, 6) is 1.86. The molecule has 1 aliphatic rings. The Kier molecular flexibility index (Phi) is 6.29. The Morgan fingerprint density at radius 1 is 1.20 bits per heavy atom. The van der Waals surface area contributed by atoms with E-state index in [1.54, 1.807) is 11.8 Å². The van der Waals surface area contributed by atoms with Crippen LogP contribution in [-0.2, 0) is 0 Å². The molecule has 0 saturated heterocycles. The van der Waals surface area contributed by atoms with Crippen molar-refractivity contribution in [2.75, 3.05) is 29.7 Å². The lowest BCUT2D eigenvalue weighted by Crippen LogP contribution is -2.34. The first-order chi connectivity index (χ1) is 9.76. The fourth-order valence-corrected chi connectivity index (χ4v) is 3.91. The fourth-order valence-electron chi connectivity index (χ4n) is 2.60. The fraction of sp³-hybridized carbons (Fsp3) is 0.714. The van der Waals surface area contributed by atoms with Crippen molar-refractivity contribution in [3.05, 3.63) is 6.07 Å².